The third-order valence-corrected chi connectivity index (χ3v) is 3.57. The van der Waals surface area contributed by atoms with Gasteiger partial charge >= 0.3 is 0 Å². The first-order chi connectivity index (χ1) is 9.08. The van der Waals surface area contributed by atoms with E-state index in [0.29, 0.717) is 17.2 Å². The Morgan fingerprint density at radius 1 is 1.42 bits per heavy atom. The van der Waals surface area contributed by atoms with Crippen LogP contribution in [0.5, 0.6) is 0 Å². The average Bonchev–Trinajstić information content (AvgIpc) is 2.39. The molecule has 1 aliphatic rings. The van der Waals surface area contributed by atoms with Gasteiger partial charge in [-0.05, 0) is 37.0 Å². The van der Waals surface area contributed by atoms with Crippen LogP contribution < -0.4 is 16.4 Å². The maximum absolute atomic E-state index is 11.5. The molecule has 4 N–H and O–H groups in total. The van der Waals surface area contributed by atoms with E-state index >= 15 is 0 Å². The van der Waals surface area contributed by atoms with Crippen LogP contribution in [0.3, 0.4) is 0 Å². The molecule has 1 amide bonds. The second-order valence-electron chi connectivity index (χ2n) is 5.08. The van der Waals surface area contributed by atoms with Crippen molar-refractivity contribution in [3.05, 3.63) is 23.8 Å². The minimum absolute atomic E-state index is 0.422. The molecule has 0 aromatic heterocycles. The van der Waals surface area contributed by atoms with Gasteiger partial charge < -0.3 is 21.1 Å². The van der Waals surface area contributed by atoms with E-state index in [1.54, 1.807) is 18.2 Å². The van der Waals surface area contributed by atoms with E-state index in [2.05, 4.69) is 4.90 Å². The zero-order valence-electron chi connectivity index (χ0n) is 11.3. The Kier molecular flexibility index (Phi) is 4.27. The monoisotopic (exact) mass is 263 g/mol. The highest BCUT2D eigenvalue weighted by molar-refractivity contribution is 5.99. The third kappa shape index (κ3) is 3.38. The van der Waals surface area contributed by atoms with Gasteiger partial charge in [-0.3, -0.25) is 4.79 Å². The minimum Gasteiger partial charge on any atom is -0.399 e. The number of rotatable bonds is 4. The van der Waals surface area contributed by atoms with Crippen molar-refractivity contribution in [1.29, 1.82) is 0 Å². The first-order valence-electron chi connectivity index (χ1n) is 6.56. The Morgan fingerprint density at radius 2 is 2.11 bits per heavy atom. The first-order valence-corrected chi connectivity index (χ1v) is 6.56. The van der Waals surface area contributed by atoms with Crippen molar-refractivity contribution in [2.45, 2.75) is 12.8 Å². The van der Waals surface area contributed by atoms with Crippen molar-refractivity contribution in [3.63, 3.8) is 0 Å². The van der Waals surface area contributed by atoms with Gasteiger partial charge in [0.05, 0.1) is 11.3 Å². The number of primary amides is 1. The van der Waals surface area contributed by atoms with E-state index < -0.39 is 5.91 Å². The fourth-order valence-electron chi connectivity index (χ4n) is 2.49. The van der Waals surface area contributed by atoms with E-state index in [1.807, 2.05) is 7.05 Å². The standard InChI is InChI=1S/C14H21N3O2/c1-17(9-10-4-6-19-7-5-10)13-8-11(15)2-3-12(13)14(16)18/h2-3,8,10H,4-7,9,15H2,1H3,(H2,16,18). The molecule has 0 spiro atoms. The summed E-state index contributed by atoms with van der Waals surface area (Å²) >= 11 is 0. The minimum atomic E-state index is -0.422. The third-order valence-electron chi connectivity index (χ3n) is 3.57. The summed E-state index contributed by atoms with van der Waals surface area (Å²) in [6, 6.07) is 5.19. The molecule has 19 heavy (non-hydrogen) atoms. The normalized spacial score (nSPS) is 16.3. The number of carbonyl (C=O) groups excluding carboxylic acids is 1. The average molecular weight is 263 g/mol. The zero-order chi connectivity index (χ0) is 13.8. The van der Waals surface area contributed by atoms with Crippen molar-refractivity contribution < 1.29 is 9.53 Å². The van der Waals surface area contributed by atoms with Gasteiger partial charge in [0.15, 0.2) is 0 Å². The van der Waals surface area contributed by atoms with Gasteiger partial charge in [-0.25, -0.2) is 0 Å². The van der Waals surface area contributed by atoms with E-state index in [9.17, 15) is 4.79 Å². The summed E-state index contributed by atoms with van der Waals surface area (Å²) in [7, 11) is 1.97. The van der Waals surface area contributed by atoms with E-state index in [0.717, 1.165) is 38.3 Å². The van der Waals surface area contributed by atoms with Crippen molar-refractivity contribution >= 4 is 17.3 Å². The van der Waals surface area contributed by atoms with Gasteiger partial charge in [-0.2, -0.15) is 0 Å². The molecule has 0 bridgehead atoms. The molecule has 0 unspecified atom stereocenters. The van der Waals surface area contributed by atoms with Gasteiger partial charge in [0, 0.05) is 32.5 Å². The summed E-state index contributed by atoms with van der Waals surface area (Å²) in [6.07, 6.45) is 2.11. The Morgan fingerprint density at radius 3 is 2.74 bits per heavy atom. The second-order valence-corrected chi connectivity index (χ2v) is 5.08. The molecule has 1 saturated heterocycles. The van der Waals surface area contributed by atoms with Crippen LogP contribution in [-0.4, -0.2) is 32.7 Å². The summed E-state index contributed by atoms with van der Waals surface area (Å²) in [5.41, 5.74) is 13.2. The SMILES string of the molecule is CN(CC1CCOCC1)c1cc(N)ccc1C(N)=O. The van der Waals surface area contributed by atoms with E-state index in [4.69, 9.17) is 16.2 Å². The van der Waals surface area contributed by atoms with Crippen molar-refractivity contribution in [3.8, 4) is 0 Å². The maximum Gasteiger partial charge on any atom is 0.250 e. The molecule has 1 aromatic rings. The lowest BCUT2D eigenvalue weighted by molar-refractivity contribution is 0.0685. The number of nitrogen functional groups attached to an aromatic ring is 1. The second kappa shape index (κ2) is 5.93. The predicted molar refractivity (Wildman–Crippen MR) is 76.2 cm³/mol. The quantitative estimate of drug-likeness (QED) is 0.801. The number of hydrogen-bond acceptors (Lipinski definition) is 4. The molecule has 0 saturated carbocycles. The number of nitrogens with zero attached hydrogens (tertiary/aromatic N) is 1. The van der Waals surface area contributed by atoms with Gasteiger partial charge in [-0.15, -0.1) is 0 Å². The molecule has 1 fully saturated rings. The number of ether oxygens (including phenoxy) is 1. The molecule has 0 aliphatic carbocycles. The van der Waals surface area contributed by atoms with Crippen LogP contribution in [0.15, 0.2) is 18.2 Å². The number of anilines is 2. The molecule has 5 nitrogen and oxygen atoms in total. The molecule has 1 aromatic carbocycles. The van der Waals surface area contributed by atoms with Crippen LogP contribution in [0, 0.1) is 5.92 Å². The highest BCUT2D eigenvalue weighted by Crippen LogP contribution is 2.25. The first kappa shape index (κ1) is 13.7. The smallest absolute Gasteiger partial charge is 0.250 e. The number of benzene rings is 1. The summed E-state index contributed by atoms with van der Waals surface area (Å²) in [6.45, 7) is 2.52. The maximum atomic E-state index is 11.5. The summed E-state index contributed by atoms with van der Waals surface area (Å²) < 4.78 is 5.36. The number of amides is 1. The lowest BCUT2D eigenvalue weighted by atomic mass is 9.99. The molecule has 104 valence electrons. The topological polar surface area (TPSA) is 81.6 Å². The Bertz CT molecular complexity index is 456. The molecular weight excluding hydrogens is 242 g/mol. The van der Waals surface area contributed by atoms with E-state index in [-0.39, 0.29) is 0 Å². The van der Waals surface area contributed by atoms with Crippen LogP contribution in [0.2, 0.25) is 0 Å². The fourth-order valence-corrected chi connectivity index (χ4v) is 2.49. The Balaban J connectivity index is 2.14. The van der Waals surface area contributed by atoms with Gasteiger partial charge in [0.25, 0.3) is 5.91 Å². The van der Waals surface area contributed by atoms with Crippen molar-refractivity contribution in [2.75, 3.05) is 37.4 Å². The van der Waals surface area contributed by atoms with Crippen LogP contribution in [0.1, 0.15) is 23.2 Å². The fraction of sp³-hybridized carbons (Fsp3) is 0.500. The molecule has 0 atom stereocenters. The number of nitrogens with two attached hydrogens (primary N) is 2. The zero-order valence-corrected chi connectivity index (χ0v) is 11.3. The molecule has 1 aliphatic heterocycles. The molecule has 2 rings (SSSR count). The van der Waals surface area contributed by atoms with Crippen LogP contribution in [-0.2, 0) is 4.74 Å². The predicted octanol–water partition coefficient (Wildman–Crippen LogP) is 1.23. The van der Waals surface area contributed by atoms with Gasteiger partial charge in [0.1, 0.15) is 0 Å². The van der Waals surface area contributed by atoms with Crippen LogP contribution in [0.4, 0.5) is 11.4 Å². The molecular formula is C14H21N3O2. The number of hydrogen-bond donors (Lipinski definition) is 2. The molecule has 5 heteroatoms. The lowest BCUT2D eigenvalue weighted by Crippen LogP contribution is -2.31. The summed E-state index contributed by atoms with van der Waals surface area (Å²) in [5.74, 6) is 0.162. The largest absolute Gasteiger partial charge is 0.399 e. The van der Waals surface area contributed by atoms with Crippen LogP contribution in [0.25, 0.3) is 0 Å². The van der Waals surface area contributed by atoms with Gasteiger partial charge in [-0.1, -0.05) is 0 Å². The Hall–Kier alpha value is -1.75. The summed E-state index contributed by atoms with van der Waals surface area (Å²) in [4.78, 5) is 13.5. The molecule has 1 heterocycles. The highest BCUT2D eigenvalue weighted by Gasteiger charge is 2.18. The van der Waals surface area contributed by atoms with Gasteiger partial charge in [0.2, 0.25) is 0 Å². The van der Waals surface area contributed by atoms with Crippen molar-refractivity contribution in [2.24, 2.45) is 11.7 Å². The summed E-state index contributed by atoms with van der Waals surface area (Å²) in [5, 5.41) is 0. The molecule has 0 radical (unpaired) electrons. The van der Waals surface area contributed by atoms with E-state index in [1.165, 1.54) is 0 Å². The highest BCUT2D eigenvalue weighted by atomic mass is 16.5. The number of carbonyl (C=O) groups is 1. The Labute approximate surface area is 113 Å². The lowest BCUT2D eigenvalue weighted by Gasteiger charge is -2.29. The van der Waals surface area contributed by atoms with Crippen molar-refractivity contribution in [1.82, 2.24) is 0 Å². The van der Waals surface area contributed by atoms with Crippen LogP contribution >= 0.6 is 0 Å².